The van der Waals surface area contributed by atoms with Gasteiger partial charge in [-0.3, -0.25) is 9.59 Å². The molecule has 0 saturated heterocycles. The van der Waals surface area contributed by atoms with Gasteiger partial charge in [0.25, 0.3) is 5.91 Å². The fraction of sp³-hybridized carbons (Fsp3) is 0.667. The van der Waals surface area contributed by atoms with E-state index in [1.165, 1.54) is 16.9 Å². The van der Waals surface area contributed by atoms with Crippen molar-refractivity contribution >= 4 is 23.2 Å². The second kappa shape index (κ2) is 7.23. The van der Waals surface area contributed by atoms with Crippen LogP contribution in [0.1, 0.15) is 47.5 Å². The summed E-state index contributed by atoms with van der Waals surface area (Å²) in [5.74, 6) is 0.804. The molecule has 0 radical (unpaired) electrons. The quantitative estimate of drug-likeness (QED) is 0.731. The summed E-state index contributed by atoms with van der Waals surface area (Å²) < 4.78 is 0. The van der Waals surface area contributed by atoms with Gasteiger partial charge < -0.3 is 15.7 Å². The summed E-state index contributed by atoms with van der Waals surface area (Å²) in [4.78, 5) is 25.6. The van der Waals surface area contributed by atoms with Crippen LogP contribution in [0, 0.1) is 17.8 Å². The maximum atomic E-state index is 12.3. The van der Waals surface area contributed by atoms with Crippen LogP contribution in [0.2, 0.25) is 0 Å². The van der Waals surface area contributed by atoms with Gasteiger partial charge in [0.05, 0.1) is 11.7 Å². The molecule has 2 amide bonds. The van der Waals surface area contributed by atoms with Crippen molar-refractivity contribution in [1.82, 2.24) is 10.6 Å². The predicted octanol–water partition coefficient (Wildman–Crippen LogP) is 1.74. The molecule has 132 valence electrons. The smallest absolute Gasteiger partial charge is 0.252 e. The molecule has 24 heavy (non-hydrogen) atoms. The van der Waals surface area contributed by atoms with E-state index in [4.69, 9.17) is 0 Å². The third kappa shape index (κ3) is 3.64. The van der Waals surface area contributed by atoms with E-state index < -0.39 is 6.10 Å². The van der Waals surface area contributed by atoms with Gasteiger partial charge in [0.2, 0.25) is 5.91 Å². The molecular formula is C18H26N2O3S. The van der Waals surface area contributed by atoms with Crippen molar-refractivity contribution in [2.45, 2.75) is 45.6 Å². The number of nitrogens with one attached hydrogen (secondary N) is 2. The van der Waals surface area contributed by atoms with E-state index in [9.17, 15) is 14.7 Å². The zero-order valence-corrected chi connectivity index (χ0v) is 15.1. The van der Waals surface area contributed by atoms with Crippen LogP contribution < -0.4 is 10.6 Å². The maximum Gasteiger partial charge on any atom is 0.252 e. The Kier molecular flexibility index (Phi) is 5.25. The second-order valence-corrected chi connectivity index (χ2v) is 8.08. The lowest BCUT2D eigenvalue weighted by molar-refractivity contribution is -0.123. The van der Waals surface area contributed by atoms with Crippen LogP contribution in [0.5, 0.6) is 0 Å². The van der Waals surface area contributed by atoms with Gasteiger partial charge in [-0.25, -0.2) is 0 Å². The summed E-state index contributed by atoms with van der Waals surface area (Å²) in [6.45, 7) is 4.45. The highest BCUT2D eigenvalue weighted by atomic mass is 32.1. The first kappa shape index (κ1) is 17.4. The van der Waals surface area contributed by atoms with Crippen LogP contribution in [0.15, 0.2) is 5.38 Å². The van der Waals surface area contributed by atoms with Gasteiger partial charge in [0.1, 0.15) is 0 Å². The Balaban J connectivity index is 1.43. The average Bonchev–Trinajstić information content (AvgIpc) is 3.00. The van der Waals surface area contributed by atoms with E-state index >= 15 is 0 Å². The normalized spacial score (nSPS) is 26.4. The third-order valence-corrected chi connectivity index (χ3v) is 6.53. The van der Waals surface area contributed by atoms with Crippen molar-refractivity contribution in [2.75, 3.05) is 13.1 Å². The molecule has 2 aliphatic rings. The van der Waals surface area contributed by atoms with Gasteiger partial charge in [-0.15, -0.1) is 11.3 Å². The summed E-state index contributed by atoms with van der Waals surface area (Å²) in [5, 5.41) is 17.5. The zero-order valence-electron chi connectivity index (χ0n) is 14.3. The van der Waals surface area contributed by atoms with Gasteiger partial charge >= 0.3 is 0 Å². The largest absolute Gasteiger partial charge is 0.389 e. The zero-order chi connectivity index (χ0) is 17.3. The van der Waals surface area contributed by atoms with Crippen LogP contribution in [0.4, 0.5) is 0 Å². The minimum absolute atomic E-state index is 0.00674. The summed E-state index contributed by atoms with van der Waals surface area (Å²) in [5.41, 5.74) is 1.94. The van der Waals surface area contributed by atoms with E-state index in [1.807, 2.05) is 5.38 Å². The van der Waals surface area contributed by atoms with Gasteiger partial charge in [-0.05, 0) is 43.1 Å². The molecule has 1 unspecified atom stereocenters. The number of carbonyl (C=O) groups is 2. The van der Waals surface area contributed by atoms with Crippen molar-refractivity contribution in [2.24, 2.45) is 17.8 Å². The number of aliphatic hydroxyl groups is 1. The molecule has 3 N–H and O–H groups in total. The van der Waals surface area contributed by atoms with Crippen molar-refractivity contribution in [3.63, 3.8) is 0 Å². The number of amides is 2. The SMILES string of the molecule is C[C@H]1C(C(=O)NCC(O)CNC(=O)c2csc3c2CCCC3)[C@@H]1C. The number of carbonyl (C=O) groups excluding carboxylic acids is 2. The lowest BCUT2D eigenvalue weighted by Gasteiger charge is -2.15. The first-order chi connectivity index (χ1) is 11.5. The lowest BCUT2D eigenvalue weighted by Crippen LogP contribution is -2.40. The molecule has 0 bridgehead atoms. The molecule has 0 aliphatic heterocycles. The molecule has 1 heterocycles. The molecule has 2 aliphatic carbocycles. The molecule has 0 aromatic carbocycles. The number of aliphatic hydroxyl groups excluding tert-OH is 1. The van der Waals surface area contributed by atoms with Crippen LogP contribution in [-0.2, 0) is 17.6 Å². The molecule has 6 heteroatoms. The minimum Gasteiger partial charge on any atom is -0.389 e. The summed E-state index contributed by atoms with van der Waals surface area (Å²) in [6, 6.07) is 0. The highest BCUT2D eigenvalue weighted by Crippen LogP contribution is 2.45. The molecule has 1 saturated carbocycles. The van der Waals surface area contributed by atoms with E-state index in [1.54, 1.807) is 11.3 Å². The Morgan fingerprint density at radius 2 is 1.88 bits per heavy atom. The van der Waals surface area contributed by atoms with Crippen LogP contribution in [0.25, 0.3) is 0 Å². The predicted molar refractivity (Wildman–Crippen MR) is 94.1 cm³/mol. The van der Waals surface area contributed by atoms with Crippen molar-refractivity contribution in [1.29, 1.82) is 0 Å². The maximum absolute atomic E-state index is 12.3. The monoisotopic (exact) mass is 350 g/mol. The number of thiophene rings is 1. The summed E-state index contributed by atoms with van der Waals surface area (Å²) in [7, 11) is 0. The highest BCUT2D eigenvalue weighted by molar-refractivity contribution is 7.10. The number of hydrogen-bond donors (Lipinski definition) is 3. The van der Waals surface area contributed by atoms with Crippen LogP contribution in [-0.4, -0.2) is 36.1 Å². The minimum atomic E-state index is -0.767. The second-order valence-electron chi connectivity index (χ2n) is 7.11. The van der Waals surface area contributed by atoms with Gasteiger partial charge in [-0.1, -0.05) is 13.8 Å². The fourth-order valence-electron chi connectivity index (χ4n) is 3.54. The molecule has 1 fully saturated rings. The molecule has 0 spiro atoms. The first-order valence-corrected chi connectivity index (χ1v) is 9.70. The molecule has 1 aromatic heterocycles. The summed E-state index contributed by atoms with van der Waals surface area (Å²) in [6.07, 6.45) is 3.61. The van der Waals surface area contributed by atoms with Gasteiger partial charge in [0.15, 0.2) is 0 Å². The van der Waals surface area contributed by atoms with E-state index in [2.05, 4.69) is 24.5 Å². The number of hydrogen-bond acceptors (Lipinski definition) is 4. The molecule has 3 rings (SSSR count). The average molecular weight is 350 g/mol. The Morgan fingerprint density at radius 1 is 1.21 bits per heavy atom. The number of aryl methyl sites for hydroxylation is 1. The molecule has 1 aromatic rings. The Bertz CT molecular complexity index is 620. The third-order valence-electron chi connectivity index (χ3n) is 5.44. The Morgan fingerprint density at radius 3 is 2.58 bits per heavy atom. The van der Waals surface area contributed by atoms with E-state index in [0.29, 0.717) is 11.8 Å². The van der Waals surface area contributed by atoms with E-state index in [0.717, 1.165) is 24.8 Å². The Labute approximate surface area is 146 Å². The van der Waals surface area contributed by atoms with Crippen LogP contribution >= 0.6 is 11.3 Å². The highest BCUT2D eigenvalue weighted by Gasteiger charge is 2.47. The molecule has 5 nitrogen and oxygen atoms in total. The molecular weight excluding hydrogens is 324 g/mol. The first-order valence-electron chi connectivity index (χ1n) is 8.82. The number of fused-ring (bicyclic) bond motifs is 1. The lowest BCUT2D eigenvalue weighted by atomic mass is 9.95. The van der Waals surface area contributed by atoms with E-state index in [-0.39, 0.29) is 30.8 Å². The van der Waals surface area contributed by atoms with Crippen molar-refractivity contribution < 1.29 is 14.7 Å². The van der Waals surface area contributed by atoms with Crippen LogP contribution in [0.3, 0.4) is 0 Å². The standard InChI is InChI=1S/C18H26N2O3S/c1-10-11(2)16(10)18(23)20-8-12(21)7-19-17(22)14-9-24-15-6-4-3-5-13(14)15/h9-12,16,21H,3-8H2,1-2H3,(H,19,22)(H,20,23)/t10-,11-,12?/m1/s1. The van der Waals surface area contributed by atoms with Gasteiger partial charge in [-0.2, -0.15) is 0 Å². The van der Waals surface area contributed by atoms with Crippen molar-refractivity contribution in [3.05, 3.63) is 21.4 Å². The fourth-order valence-corrected chi connectivity index (χ4v) is 4.66. The summed E-state index contributed by atoms with van der Waals surface area (Å²) >= 11 is 1.66. The van der Waals surface area contributed by atoms with Gasteiger partial charge in [0, 0.05) is 29.3 Å². The molecule has 3 atom stereocenters. The number of rotatable bonds is 6. The van der Waals surface area contributed by atoms with Crippen molar-refractivity contribution in [3.8, 4) is 0 Å². The topological polar surface area (TPSA) is 78.4 Å². The Hall–Kier alpha value is -1.40.